The van der Waals surface area contributed by atoms with Crippen LogP contribution in [-0.2, 0) is 0 Å². The van der Waals surface area contributed by atoms with E-state index in [4.69, 9.17) is 5.73 Å². The summed E-state index contributed by atoms with van der Waals surface area (Å²) in [6.45, 7) is 3.00. The first-order chi connectivity index (χ1) is 9.67. The molecule has 0 radical (unpaired) electrons. The van der Waals surface area contributed by atoms with Crippen LogP contribution in [0.3, 0.4) is 0 Å². The Kier molecular flexibility index (Phi) is 4.75. The highest BCUT2D eigenvalue weighted by atomic mass is 19.1. The molecule has 2 N–H and O–H groups in total. The Hall–Kier alpha value is -1.86. The van der Waals surface area contributed by atoms with E-state index in [1.54, 1.807) is 11.0 Å². The molecule has 0 aliphatic carbocycles. The number of likely N-dealkylation sites (tertiary alicyclic amines) is 1. The Bertz CT molecular complexity index is 559. The van der Waals surface area contributed by atoms with Crippen LogP contribution in [0.15, 0.2) is 18.2 Å². The fourth-order valence-corrected chi connectivity index (χ4v) is 2.60. The number of carbonyl (C=O) groups excluding carboxylic acids is 1. The van der Waals surface area contributed by atoms with Gasteiger partial charge in [0.15, 0.2) is 0 Å². The zero-order valence-corrected chi connectivity index (χ0v) is 11.7. The summed E-state index contributed by atoms with van der Waals surface area (Å²) in [5, 5.41) is 0. The van der Waals surface area contributed by atoms with Crippen LogP contribution in [0.2, 0.25) is 0 Å². The van der Waals surface area contributed by atoms with Gasteiger partial charge in [0.2, 0.25) is 0 Å². The topological polar surface area (TPSA) is 46.3 Å². The lowest BCUT2D eigenvalue weighted by molar-refractivity contribution is 0.0729. The largest absolute Gasteiger partial charge is 0.336 e. The molecule has 0 spiro atoms. The quantitative estimate of drug-likeness (QED) is 0.840. The molecule has 1 aromatic carbocycles. The highest BCUT2D eigenvalue weighted by Crippen LogP contribution is 2.23. The van der Waals surface area contributed by atoms with Gasteiger partial charge in [-0.2, -0.15) is 0 Å². The number of halogens is 1. The molecular formula is C16H19FN2O. The molecule has 0 aromatic heterocycles. The zero-order chi connectivity index (χ0) is 14.5. The van der Waals surface area contributed by atoms with Gasteiger partial charge in [-0.1, -0.05) is 18.8 Å². The number of hydrogen-bond acceptors (Lipinski definition) is 2. The lowest BCUT2D eigenvalue weighted by Gasteiger charge is -2.23. The molecule has 0 bridgehead atoms. The van der Waals surface area contributed by atoms with Gasteiger partial charge in [0.25, 0.3) is 5.91 Å². The van der Waals surface area contributed by atoms with Gasteiger partial charge in [-0.05, 0) is 37.5 Å². The van der Waals surface area contributed by atoms with Crippen molar-refractivity contribution in [1.29, 1.82) is 0 Å². The Morgan fingerprint density at radius 1 is 1.55 bits per heavy atom. The second kappa shape index (κ2) is 6.53. The van der Waals surface area contributed by atoms with E-state index in [9.17, 15) is 9.18 Å². The van der Waals surface area contributed by atoms with E-state index < -0.39 is 5.82 Å². The first-order valence-corrected chi connectivity index (χ1v) is 6.96. The van der Waals surface area contributed by atoms with Crippen LogP contribution < -0.4 is 5.73 Å². The minimum absolute atomic E-state index is 0.128. The first-order valence-electron chi connectivity index (χ1n) is 6.96. The molecule has 4 heteroatoms. The van der Waals surface area contributed by atoms with E-state index in [0.29, 0.717) is 12.1 Å². The summed E-state index contributed by atoms with van der Waals surface area (Å²) < 4.78 is 14.1. The van der Waals surface area contributed by atoms with Crippen molar-refractivity contribution >= 4 is 5.91 Å². The zero-order valence-electron chi connectivity index (χ0n) is 11.7. The standard InChI is InChI=1S/C16H19FN2O/c1-2-13-6-4-10-19(13)16(20)14-8-7-12(5-3-9-18)11-15(14)17/h7-8,11,13H,2,4,6,9-10,18H2,1H3. The summed E-state index contributed by atoms with van der Waals surface area (Å²) in [6.07, 6.45) is 2.91. The van der Waals surface area contributed by atoms with Crippen LogP contribution in [0.4, 0.5) is 4.39 Å². The van der Waals surface area contributed by atoms with E-state index in [2.05, 4.69) is 18.8 Å². The highest BCUT2D eigenvalue weighted by molar-refractivity contribution is 5.95. The molecular weight excluding hydrogens is 255 g/mol. The molecule has 1 aliphatic rings. The summed E-state index contributed by atoms with van der Waals surface area (Å²) in [7, 11) is 0. The molecule has 20 heavy (non-hydrogen) atoms. The molecule has 1 aromatic rings. The van der Waals surface area contributed by atoms with Gasteiger partial charge in [0.05, 0.1) is 12.1 Å². The lowest BCUT2D eigenvalue weighted by Crippen LogP contribution is -2.35. The van der Waals surface area contributed by atoms with Gasteiger partial charge < -0.3 is 10.6 Å². The van der Waals surface area contributed by atoms with E-state index in [1.165, 1.54) is 12.1 Å². The summed E-state index contributed by atoms with van der Waals surface area (Å²) in [5.41, 5.74) is 5.95. The predicted molar refractivity (Wildman–Crippen MR) is 76.7 cm³/mol. The van der Waals surface area contributed by atoms with E-state index in [-0.39, 0.29) is 24.1 Å². The van der Waals surface area contributed by atoms with Gasteiger partial charge >= 0.3 is 0 Å². The van der Waals surface area contributed by atoms with Crippen molar-refractivity contribution in [2.45, 2.75) is 32.2 Å². The van der Waals surface area contributed by atoms with Crippen LogP contribution in [0.5, 0.6) is 0 Å². The van der Waals surface area contributed by atoms with Crippen molar-refractivity contribution < 1.29 is 9.18 Å². The highest BCUT2D eigenvalue weighted by Gasteiger charge is 2.29. The Balaban J connectivity index is 2.22. The van der Waals surface area contributed by atoms with Crippen molar-refractivity contribution in [1.82, 2.24) is 4.90 Å². The van der Waals surface area contributed by atoms with Crippen molar-refractivity contribution in [2.24, 2.45) is 5.73 Å². The molecule has 1 heterocycles. The summed E-state index contributed by atoms with van der Waals surface area (Å²) >= 11 is 0. The Morgan fingerprint density at radius 3 is 3.00 bits per heavy atom. The molecule has 1 unspecified atom stereocenters. The third-order valence-corrected chi connectivity index (χ3v) is 3.64. The number of benzene rings is 1. The molecule has 1 atom stereocenters. The molecule has 1 aliphatic heterocycles. The fourth-order valence-electron chi connectivity index (χ4n) is 2.60. The van der Waals surface area contributed by atoms with E-state index >= 15 is 0 Å². The van der Waals surface area contributed by atoms with Crippen LogP contribution in [0.1, 0.15) is 42.1 Å². The maximum atomic E-state index is 14.1. The van der Waals surface area contributed by atoms with Crippen molar-refractivity contribution in [3.63, 3.8) is 0 Å². The average molecular weight is 274 g/mol. The number of nitrogens with zero attached hydrogens (tertiary/aromatic N) is 1. The first kappa shape index (κ1) is 14.5. The molecule has 0 saturated carbocycles. The number of rotatable bonds is 2. The number of nitrogens with two attached hydrogens (primary N) is 1. The van der Waals surface area contributed by atoms with Gasteiger partial charge in [0.1, 0.15) is 5.82 Å². The van der Waals surface area contributed by atoms with E-state index in [1.807, 2.05) is 0 Å². The smallest absolute Gasteiger partial charge is 0.257 e. The van der Waals surface area contributed by atoms with Crippen LogP contribution >= 0.6 is 0 Å². The lowest BCUT2D eigenvalue weighted by atomic mass is 10.1. The SMILES string of the molecule is CCC1CCCN1C(=O)c1ccc(C#CCN)cc1F. The van der Waals surface area contributed by atoms with Gasteiger partial charge in [-0.25, -0.2) is 4.39 Å². The molecule has 1 saturated heterocycles. The second-order valence-corrected chi connectivity index (χ2v) is 4.90. The molecule has 3 nitrogen and oxygen atoms in total. The minimum Gasteiger partial charge on any atom is -0.336 e. The summed E-state index contributed by atoms with van der Waals surface area (Å²) in [6, 6.07) is 4.71. The van der Waals surface area contributed by atoms with Gasteiger partial charge in [-0.15, -0.1) is 0 Å². The number of amides is 1. The Labute approximate surface area is 119 Å². The Morgan fingerprint density at radius 2 is 2.35 bits per heavy atom. The average Bonchev–Trinajstić information content (AvgIpc) is 2.93. The minimum atomic E-state index is -0.513. The van der Waals surface area contributed by atoms with Gasteiger partial charge in [-0.3, -0.25) is 4.79 Å². The molecule has 106 valence electrons. The molecule has 1 amide bonds. The van der Waals surface area contributed by atoms with Crippen LogP contribution in [0, 0.1) is 17.7 Å². The molecule has 2 rings (SSSR count). The number of carbonyl (C=O) groups is 1. The number of hydrogen-bond donors (Lipinski definition) is 1. The summed E-state index contributed by atoms with van der Waals surface area (Å²) in [5.74, 6) is 4.70. The van der Waals surface area contributed by atoms with E-state index in [0.717, 1.165) is 19.3 Å². The monoisotopic (exact) mass is 274 g/mol. The van der Waals surface area contributed by atoms with Gasteiger partial charge in [0, 0.05) is 18.2 Å². The predicted octanol–water partition coefficient (Wildman–Crippen LogP) is 2.15. The van der Waals surface area contributed by atoms with Crippen LogP contribution in [-0.4, -0.2) is 29.9 Å². The summed E-state index contributed by atoms with van der Waals surface area (Å²) in [4.78, 5) is 14.2. The van der Waals surface area contributed by atoms with Crippen molar-refractivity contribution in [3.8, 4) is 11.8 Å². The maximum Gasteiger partial charge on any atom is 0.257 e. The fraction of sp³-hybridized carbons (Fsp3) is 0.438. The third-order valence-electron chi connectivity index (χ3n) is 3.64. The van der Waals surface area contributed by atoms with Crippen LogP contribution in [0.25, 0.3) is 0 Å². The molecule has 1 fully saturated rings. The third kappa shape index (κ3) is 3.00. The van der Waals surface area contributed by atoms with Crippen molar-refractivity contribution in [3.05, 3.63) is 35.1 Å². The van der Waals surface area contributed by atoms with Crippen molar-refractivity contribution in [2.75, 3.05) is 13.1 Å². The maximum absolute atomic E-state index is 14.1. The second-order valence-electron chi connectivity index (χ2n) is 4.90. The normalized spacial score (nSPS) is 17.8.